The average molecular weight is 291 g/mol. The topological polar surface area (TPSA) is 88.2 Å². The number of carbonyl (C=O) groups is 1. The summed E-state index contributed by atoms with van der Waals surface area (Å²) < 4.78 is 31.5. The lowest BCUT2D eigenvalue weighted by atomic mass is 9.85. The zero-order chi connectivity index (χ0) is 14.8. The Bertz CT molecular complexity index is 393. The van der Waals surface area contributed by atoms with Crippen LogP contribution in [-0.4, -0.2) is 53.6 Å². The molecule has 1 unspecified atom stereocenters. The molecule has 0 aromatic heterocycles. The lowest BCUT2D eigenvalue weighted by Crippen LogP contribution is -2.52. The molecule has 0 aromatic carbocycles. The van der Waals surface area contributed by atoms with Crippen LogP contribution in [0.3, 0.4) is 0 Å². The molecule has 20 heavy (non-hydrogen) atoms. The molecule has 0 bridgehead atoms. The third-order valence-corrected chi connectivity index (χ3v) is 3.89. The van der Waals surface area contributed by atoms with E-state index in [4.69, 9.17) is 15.7 Å². The van der Waals surface area contributed by atoms with Gasteiger partial charge in [-0.25, -0.2) is 8.78 Å². The molecule has 1 saturated heterocycles. The molecule has 0 aromatic rings. The minimum atomic E-state index is -2.64. The lowest BCUT2D eigenvalue weighted by Gasteiger charge is -2.36. The number of halogens is 2. The number of carbonyl (C=O) groups excluding carboxylic acids is 1. The van der Waals surface area contributed by atoms with E-state index < -0.39 is 12.0 Å². The quantitative estimate of drug-likeness (QED) is 0.341. The van der Waals surface area contributed by atoms with Gasteiger partial charge in [0.1, 0.15) is 6.10 Å². The largest absolute Gasteiger partial charge is 0.409 e. The number of amides is 1. The highest BCUT2D eigenvalue weighted by Gasteiger charge is 2.39. The highest BCUT2D eigenvalue weighted by Crippen LogP contribution is 2.36. The standard InChI is InChI=1S/C12H19F2N3O3/c13-12(14)3-1-8(2-4-12)11(18)17-5-6-20-9(7-17)10(15)16-19/h8-9,19H,1-7H2,(H2,15,16). The Hall–Kier alpha value is -1.44. The van der Waals surface area contributed by atoms with Gasteiger partial charge >= 0.3 is 0 Å². The van der Waals surface area contributed by atoms with E-state index in [1.54, 1.807) is 4.90 Å². The van der Waals surface area contributed by atoms with E-state index in [-0.39, 0.29) is 56.5 Å². The molecule has 6 nitrogen and oxygen atoms in total. The van der Waals surface area contributed by atoms with Crippen molar-refractivity contribution in [2.24, 2.45) is 16.8 Å². The van der Waals surface area contributed by atoms with E-state index in [1.807, 2.05) is 0 Å². The molecule has 1 saturated carbocycles. The molecule has 0 radical (unpaired) electrons. The number of oxime groups is 1. The van der Waals surface area contributed by atoms with E-state index in [0.717, 1.165) is 0 Å². The normalized spacial score (nSPS) is 28.4. The fraction of sp³-hybridized carbons (Fsp3) is 0.833. The molecule has 2 aliphatic rings. The zero-order valence-corrected chi connectivity index (χ0v) is 11.1. The summed E-state index contributed by atoms with van der Waals surface area (Å²) in [5.74, 6) is -3.23. The van der Waals surface area contributed by atoms with Crippen LogP contribution in [0, 0.1) is 5.92 Å². The van der Waals surface area contributed by atoms with Crippen molar-refractivity contribution in [1.29, 1.82) is 0 Å². The Morgan fingerprint density at radius 1 is 1.40 bits per heavy atom. The first-order valence-corrected chi connectivity index (χ1v) is 6.68. The number of amidine groups is 1. The minimum Gasteiger partial charge on any atom is -0.409 e. The third-order valence-electron chi connectivity index (χ3n) is 3.89. The van der Waals surface area contributed by atoms with Crippen LogP contribution in [0.15, 0.2) is 5.16 Å². The van der Waals surface area contributed by atoms with E-state index >= 15 is 0 Å². The van der Waals surface area contributed by atoms with Gasteiger partial charge in [-0.05, 0) is 12.8 Å². The summed E-state index contributed by atoms with van der Waals surface area (Å²) in [6.07, 6.45) is -0.702. The van der Waals surface area contributed by atoms with Crippen molar-refractivity contribution in [3.8, 4) is 0 Å². The third kappa shape index (κ3) is 3.36. The van der Waals surface area contributed by atoms with E-state index in [2.05, 4.69) is 5.16 Å². The number of nitrogens with zero attached hydrogens (tertiary/aromatic N) is 2. The van der Waals surface area contributed by atoms with Crippen molar-refractivity contribution in [3.63, 3.8) is 0 Å². The van der Waals surface area contributed by atoms with Gasteiger partial charge in [0.2, 0.25) is 11.8 Å². The van der Waals surface area contributed by atoms with Gasteiger partial charge in [-0.2, -0.15) is 0 Å². The Balaban J connectivity index is 1.92. The fourth-order valence-corrected chi connectivity index (χ4v) is 2.64. The Kier molecular flexibility index (Phi) is 4.42. The SMILES string of the molecule is NC(=NO)C1CN(C(=O)C2CCC(F)(F)CC2)CCO1. The Labute approximate surface area is 115 Å². The number of ether oxygens (including phenoxy) is 1. The minimum absolute atomic E-state index is 0.0855. The van der Waals surface area contributed by atoms with Crippen LogP contribution in [0.2, 0.25) is 0 Å². The van der Waals surface area contributed by atoms with Gasteiger partial charge in [0.05, 0.1) is 13.2 Å². The van der Waals surface area contributed by atoms with Gasteiger partial charge in [0, 0.05) is 25.3 Å². The number of morpholine rings is 1. The highest BCUT2D eigenvalue weighted by molar-refractivity contribution is 5.86. The Morgan fingerprint density at radius 3 is 2.65 bits per heavy atom. The maximum Gasteiger partial charge on any atom is 0.248 e. The average Bonchev–Trinajstić information content (AvgIpc) is 2.46. The first-order chi connectivity index (χ1) is 9.43. The summed E-state index contributed by atoms with van der Waals surface area (Å²) >= 11 is 0. The number of nitrogens with two attached hydrogens (primary N) is 1. The summed E-state index contributed by atoms with van der Waals surface area (Å²) in [5.41, 5.74) is 5.46. The van der Waals surface area contributed by atoms with Gasteiger partial charge in [0.25, 0.3) is 0 Å². The molecule has 3 N–H and O–H groups in total. The van der Waals surface area contributed by atoms with E-state index in [0.29, 0.717) is 6.54 Å². The van der Waals surface area contributed by atoms with Crippen LogP contribution < -0.4 is 5.73 Å². The number of rotatable bonds is 2. The Morgan fingerprint density at radius 2 is 2.05 bits per heavy atom. The maximum atomic E-state index is 13.1. The van der Waals surface area contributed by atoms with Crippen LogP contribution in [0.4, 0.5) is 8.78 Å². The second kappa shape index (κ2) is 5.90. The van der Waals surface area contributed by atoms with Crippen LogP contribution in [0.5, 0.6) is 0 Å². The van der Waals surface area contributed by atoms with Crippen LogP contribution >= 0.6 is 0 Å². The molecule has 1 atom stereocenters. The van der Waals surface area contributed by atoms with Crippen LogP contribution in [0.25, 0.3) is 0 Å². The summed E-state index contributed by atoms with van der Waals surface area (Å²) in [5, 5.41) is 11.5. The predicted molar refractivity (Wildman–Crippen MR) is 66.6 cm³/mol. The second-order valence-electron chi connectivity index (χ2n) is 5.30. The molecule has 8 heteroatoms. The van der Waals surface area contributed by atoms with Crippen molar-refractivity contribution < 1.29 is 23.5 Å². The molecule has 2 rings (SSSR count). The molecule has 1 amide bonds. The fourth-order valence-electron chi connectivity index (χ4n) is 2.64. The lowest BCUT2D eigenvalue weighted by molar-refractivity contribution is -0.145. The number of hydrogen-bond donors (Lipinski definition) is 2. The van der Waals surface area contributed by atoms with Crippen molar-refractivity contribution >= 4 is 11.7 Å². The summed E-state index contributed by atoms with van der Waals surface area (Å²) in [7, 11) is 0. The van der Waals surface area contributed by atoms with E-state index in [1.165, 1.54) is 0 Å². The second-order valence-corrected chi connectivity index (χ2v) is 5.30. The number of hydrogen-bond acceptors (Lipinski definition) is 4. The first kappa shape index (κ1) is 15.0. The monoisotopic (exact) mass is 291 g/mol. The van der Waals surface area contributed by atoms with Crippen LogP contribution in [-0.2, 0) is 9.53 Å². The first-order valence-electron chi connectivity index (χ1n) is 6.68. The van der Waals surface area contributed by atoms with Crippen molar-refractivity contribution in [1.82, 2.24) is 4.90 Å². The molecule has 114 valence electrons. The van der Waals surface area contributed by atoms with Crippen molar-refractivity contribution in [3.05, 3.63) is 0 Å². The molecular weight excluding hydrogens is 272 g/mol. The highest BCUT2D eigenvalue weighted by atomic mass is 19.3. The van der Waals surface area contributed by atoms with Crippen molar-refractivity contribution in [2.75, 3.05) is 19.7 Å². The molecule has 1 heterocycles. The zero-order valence-electron chi connectivity index (χ0n) is 11.1. The molecule has 1 aliphatic heterocycles. The van der Waals surface area contributed by atoms with Gasteiger partial charge in [0.15, 0.2) is 5.84 Å². The molecular formula is C12H19F2N3O3. The van der Waals surface area contributed by atoms with Gasteiger partial charge in [-0.1, -0.05) is 5.16 Å². The van der Waals surface area contributed by atoms with E-state index in [9.17, 15) is 13.6 Å². The van der Waals surface area contributed by atoms with Crippen molar-refractivity contribution in [2.45, 2.75) is 37.7 Å². The number of alkyl halides is 2. The molecule has 1 aliphatic carbocycles. The van der Waals surface area contributed by atoms with Crippen LogP contribution in [0.1, 0.15) is 25.7 Å². The van der Waals surface area contributed by atoms with Gasteiger partial charge in [-0.15, -0.1) is 0 Å². The molecule has 0 spiro atoms. The smallest absolute Gasteiger partial charge is 0.248 e. The van der Waals surface area contributed by atoms with Gasteiger partial charge in [-0.3, -0.25) is 4.79 Å². The van der Waals surface area contributed by atoms with Gasteiger partial charge < -0.3 is 20.6 Å². The summed E-state index contributed by atoms with van der Waals surface area (Å²) in [6.45, 7) is 0.887. The summed E-state index contributed by atoms with van der Waals surface area (Å²) in [6, 6.07) is 0. The predicted octanol–water partition coefficient (Wildman–Crippen LogP) is 0.786. The maximum absolute atomic E-state index is 13.1. The summed E-state index contributed by atoms with van der Waals surface area (Å²) in [4.78, 5) is 13.9. The molecule has 2 fully saturated rings.